The molecule has 1 unspecified atom stereocenters. The van der Waals surface area contributed by atoms with Crippen molar-refractivity contribution in [3.63, 3.8) is 0 Å². The van der Waals surface area contributed by atoms with Gasteiger partial charge >= 0.3 is 0 Å². The molecule has 1 aromatic heterocycles. The molecule has 28 heavy (non-hydrogen) atoms. The topological polar surface area (TPSA) is 47.6 Å². The van der Waals surface area contributed by atoms with Gasteiger partial charge in [0.2, 0.25) is 0 Å². The molecule has 1 atom stereocenters. The Morgan fingerprint density at radius 3 is 2.43 bits per heavy atom. The van der Waals surface area contributed by atoms with Crippen molar-refractivity contribution in [1.29, 1.82) is 0 Å². The summed E-state index contributed by atoms with van der Waals surface area (Å²) in [6.45, 7) is 2.10. The first-order valence-corrected chi connectivity index (χ1v) is 10.3. The third-order valence-electron chi connectivity index (χ3n) is 4.41. The lowest BCUT2D eigenvalue weighted by Crippen LogP contribution is -2.33. The van der Waals surface area contributed by atoms with E-state index in [0.29, 0.717) is 11.5 Å². The molecule has 2 aromatic carbocycles. The lowest BCUT2D eigenvalue weighted by Gasteiger charge is -2.19. The maximum Gasteiger partial charge on any atom is 0.258 e. The van der Waals surface area contributed by atoms with Crippen LogP contribution in [0.4, 0.5) is 0 Å². The minimum Gasteiger partial charge on any atom is -0.493 e. The van der Waals surface area contributed by atoms with Crippen molar-refractivity contribution in [1.82, 2.24) is 5.32 Å². The molecule has 0 aliphatic rings. The third kappa shape index (κ3) is 5.14. The van der Waals surface area contributed by atoms with E-state index in [9.17, 15) is 4.79 Å². The van der Waals surface area contributed by atoms with Gasteiger partial charge in [-0.05, 0) is 41.1 Å². The summed E-state index contributed by atoms with van der Waals surface area (Å²) in [6.07, 6.45) is 2.17. The SMILES string of the molecule is CCCc1ccc(C(NC(=O)COc2ccccc2OC)c2cccs2)cc1. The summed E-state index contributed by atoms with van der Waals surface area (Å²) >= 11 is 1.63. The number of hydrogen-bond acceptors (Lipinski definition) is 4. The van der Waals surface area contributed by atoms with Crippen LogP contribution in [0.25, 0.3) is 0 Å². The third-order valence-corrected chi connectivity index (χ3v) is 5.35. The first-order chi connectivity index (χ1) is 13.7. The van der Waals surface area contributed by atoms with Crippen LogP contribution in [0, 0.1) is 0 Å². The average Bonchev–Trinajstić information content (AvgIpc) is 3.26. The average molecular weight is 396 g/mol. The molecule has 3 rings (SSSR count). The lowest BCUT2D eigenvalue weighted by molar-refractivity contribution is -0.123. The number of carbonyl (C=O) groups excluding carboxylic acids is 1. The Hall–Kier alpha value is -2.79. The second-order valence-electron chi connectivity index (χ2n) is 6.45. The number of para-hydroxylation sites is 2. The molecular weight excluding hydrogens is 370 g/mol. The second-order valence-corrected chi connectivity index (χ2v) is 7.43. The fraction of sp³-hybridized carbons (Fsp3) is 0.261. The molecule has 4 nitrogen and oxygen atoms in total. The monoisotopic (exact) mass is 395 g/mol. The number of hydrogen-bond donors (Lipinski definition) is 1. The van der Waals surface area contributed by atoms with Crippen LogP contribution in [0.3, 0.4) is 0 Å². The van der Waals surface area contributed by atoms with Crippen LogP contribution in [0.2, 0.25) is 0 Å². The first kappa shape index (κ1) is 20.0. The second kappa shape index (κ2) is 9.95. The van der Waals surface area contributed by atoms with Crippen LogP contribution in [0.5, 0.6) is 11.5 Å². The van der Waals surface area contributed by atoms with Crippen LogP contribution in [0.1, 0.15) is 35.4 Å². The quantitative estimate of drug-likeness (QED) is 0.555. The minimum atomic E-state index is -0.190. The molecular formula is C23H25NO3S. The van der Waals surface area contributed by atoms with Gasteiger partial charge in [-0.15, -0.1) is 11.3 Å². The van der Waals surface area contributed by atoms with E-state index in [4.69, 9.17) is 9.47 Å². The van der Waals surface area contributed by atoms with Crippen LogP contribution in [-0.4, -0.2) is 19.6 Å². The van der Waals surface area contributed by atoms with Crippen molar-refractivity contribution < 1.29 is 14.3 Å². The highest BCUT2D eigenvalue weighted by atomic mass is 32.1. The molecule has 0 spiro atoms. The summed E-state index contributed by atoms with van der Waals surface area (Å²) < 4.78 is 10.9. The number of nitrogens with one attached hydrogen (secondary N) is 1. The Kier molecular flexibility index (Phi) is 7.09. The zero-order chi connectivity index (χ0) is 19.8. The number of ether oxygens (including phenoxy) is 2. The van der Waals surface area contributed by atoms with Gasteiger partial charge in [-0.25, -0.2) is 0 Å². The Labute approximate surface area is 170 Å². The molecule has 0 saturated carbocycles. The van der Waals surface area contributed by atoms with E-state index in [-0.39, 0.29) is 18.6 Å². The fourth-order valence-electron chi connectivity index (χ4n) is 3.02. The highest BCUT2D eigenvalue weighted by Gasteiger charge is 2.18. The molecule has 0 aliphatic heterocycles. The van der Waals surface area contributed by atoms with Crippen molar-refractivity contribution >= 4 is 17.2 Å². The van der Waals surface area contributed by atoms with Gasteiger partial charge in [-0.1, -0.05) is 55.8 Å². The Balaban J connectivity index is 1.70. The van der Waals surface area contributed by atoms with Gasteiger partial charge in [0.05, 0.1) is 13.2 Å². The van der Waals surface area contributed by atoms with Crippen LogP contribution >= 0.6 is 11.3 Å². The smallest absolute Gasteiger partial charge is 0.258 e. The van der Waals surface area contributed by atoms with Gasteiger partial charge in [0.1, 0.15) is 0 Å². The van der Waals surface area contributed by atoms with Gasteiger partial charge in [-0.2, -0.15) is 0 Å². The van der Waals surface area contributed by atoms with Crippen molar-refractivity contribution in [2.75, 3.05) is 13.7 Å². The standard InChI is InChI=1S/C23H25NO3S/c1-3-7-17-11-13-18(14-12-17)23(21-10-6-15-28-21)24-22(25)16-27-20-9-5-4-8-19(20)26-2/h4-6,8-15,23H,3,7,16H2,1-2H3,(H,24,25). The predicted molar refractivity (Wildman–Crippen MR) is 113 cm³/mol. The van der Waals surface area contributed by atoms with E-state index in [0.717, 1.165) is 23.3 Å². The Morgan fingerprint density at radius 1 is 1.04 bits per heavy atom. The summed E-state index contributed by atoms with van der Waals surface area (Å²) in [5.74, 6) is 0.982. The normalized spacial score (nSPS) is 11.6. The molecule has 1 N–H and O–H groups in total. The fourth-order valence-corrected chi connectivity index (χ4v) is 3.83. The van der Waals surface area contributed by atoms with E-state index in [1.807, 2.05) is 29.6 Å². The summed E-state index contributed by atoms with van der Waals surface area (Å²) in [7, 11) is 1.58. The molecule has 0 aliphatic carbocycles. The number of methoxy groups -OCH3 is 1. The van der Waals surface area contributed by atoms with E-state index in [1.165, 1.54) is 5.56 Å². The number of thiophene rings is 1. The Bertz CT molecular complexity index is 875. The van der Waals surface area contributed by atoms with E-state index in [2.05, 4.69) is 36.5 Å². The number of benzene rings is 2. The zero-order valence-corrected chi connectivity index (χ0v) is 17.0. The predicted octanol–water partition coefficient (Wildman–Crippen LogP) is 4.99. The van der Waals surface area contributed by atoms with Gasteiger partial charge < -0.3 is 14.8 Å². The molecule has 1 heterocycles. The van der Waals surface area contributed by atoms with Crippen molar-refractivity contribution in [2.45, 2.75) is 25.8 Å². The number of aryl methyl sites for hydroxylation is 1. The maximum atomic E-state index is 12.6. The van der Waals surface area contributed by atoms with Gasteiger partial charge in [0, 0.05) is 4.88 Å². The molecule has 0 bridgehead atoms. The number of rotatable bonds is 9. The summed E-state index contributed by atoms with van der Waals surface area (Å²) in [5, 5.41) is 5.12. The van der Waals surface area contributed by atoms with Crippen molar-refractivity contribution in [2.24, 2.45) is 0 Å². The minimum absolute atomic E-state index is 0.0732. The highest BCUT2D eigenvalue weighted by molar-refractivity contribution is 7.10. The summed E-state index contributed by atoms with van der Waals surface area (Å²) in [5.41, 5.74) is 2.37. The molecule has 0 radical (unpaired) electrons. The summed E-state index contributed by atoms with van der Waals surface area (Å²) in [6, 6.07) is 19.6. The van der Waals surface area contributed by atoms with E-state index >= 15 is 0 Å². The molecule has 1 amide bonds. The van der Waals surface area contributed by atoms with Gasteiger partial charge in [-0.3, -0.25) is 4.79 Å². The van der Waals surface area contributed by atoms with Crippen LogP contribution in [-0.2, 0) is 11.2 Å². The van der Waals surface area contributed by atoms with Crippen molar-refractivity contribution in [3.05, 3.63) is 82.0 Å². The van der Waals surface area contributed by atoms with Gasteiger partial charge in [0.15, 0.2) is 18.1 Å². The molecule has 146 valence electrons. The molecule has 5 heteroatoms. The first-order valence-electron chi connectivity index (χ1n) is 9.38. The number of amides is 1. The Morgan fingerprint density at radius 2 is 1.79 bits per heavy atom. The van der Waals surface area contributed by atoms with Crippen LogP contribution in [0.15, 0.2) is 66.0 Å². The number of carbonyl (C=O) groups is 1. The molecule has 0 fully saturated rings. The molecule has 3 aromatic rings. The van der Waals surface area contributed by atoms with Crippen LogP contribution < -0.4 is 14.8 Å². The maximum absolute atomic E-state index is 12.6. The van der Waals surface area contributed by atoms with Crippen molar-refractivity contribution in [3.8, 4) is 11.5 Å². The largest absolute Gasteiger partial charge is 0.493 e. The zero-order valence-electron chi connectivity index (χ0n) is 16.2. The van der Waals surface area contributed by atoms with E-state index in [1.54, 1.807) is 30.6 Å². The van der Waals surface area contributed by atoms with E-state index < -0.39 is 0 Å². The highest BCUT2D eigenvalue weighted by Crippen LogP contribution is 2.28. The molecule has 0 saturated heterocycles. The van der Waals surface area contributed by atoms with Gasteiger partial charge in [0.25, 0.3) is 5.91 Å². The lowest BCUT2D eigenvalue weighted by atomic mass is 10.0. The summed E-state index contributed by atoms with van der Waals surface area (Å²) in [4.78, 5) is 13.7.